The molecule has 2 saturated heterocycles. The Kier molecular flexibility index (Phi) is 5.22. The van der Waals surface area contributed by atoms with Crippen LogP contribution in [-0.4, -0.2) is 92.4 Å². The predicted octanol–water partition coefficient (Wildman–Crippen LogP) is -1.84. The van der Waals surface area contributed by atoms with E-state index in [0.29, 0.717) is 5.69 Å². The summed E-state index contributed by atoms with van der Waals surface area (Å²) in [6, 6.07) is 9.13. The van der Waals surface area contributed by atoms with Gasteiger partial charge in [0, 0.05) is 24.8 Å². The van der Waals surface area contributed by atoms with Gasteiger partial charge in [-0.25, -0.2) is 14.8 Å². The van der Waals surface area contributed by atoms with Crippen LogP contribution in [0.5, 0.6) is 0 Å². The summed E-state index contributed by atoms with van der Waals surface area (Å²) in [5.74, 6) is -3.51. The van der Waals surface area contributed by atoms with Crippen LogP contribution in [0.2, 0.25) is 0 Å². The molecule has 0 bridgehead atoms. The lowest BCUT2D eigenvalue weighted by Gasteiger charge is -2.49. The first-order valence-electron chi connectivity index (χ1n) is 12.2. The maximum absolute atomic E-state index is 13.0. The molecule has 14 heteroatoms. The Morgan fingerprint density at radius 1 is 1.08 bits per heavy atom. The highest BCUT2D eigenvalue weighted by molar-refractivity contribution is 6.02. The number of nitrogens with one attached hydrogen (secondary N) is 3. The number of imide groups is 1. The third-order valence-corrected chi connectivity index (χ3v) is 7.67. The van der Waals surface area contributed by atoms with E-state index >= 15 is 0 Å². The van der Waals surface area contributed by atoms with E-state index < -0.39 is 35.6 Å². The molecule has 9 N–H and O–H groups in total. The standard InChI is InChI=1S/C24H27N9O5/c25-20-30-19-15(10-32-17(34)8-9-18(32)35)27-21(26)33-11-16(24(37,38)23(19,33)31-20)29-22(36)28-14-7-3-5-12-4-1-2-6-13(12)14/h1-7,15-16,19,37-38H,8-11H2,(H2,26,27)(H3,25,30,31)(H2,28,29,36)/t15?,16?,19-,23-/m0/s1. The second-order valence-electron chi connectivity index (χ2n) is 9.82. The van der Waals surface area contributed by atoms with Crippen molar-refractivity contribution in [2.45, 2.75) is 42.4 Å². The number of guanidine groups is 2. The Morgan fingerprint density at radius 2 is 1.79 bits per heavy atom. The van der Waals surface area contributed by atoms with Gasteiger partial charge in [0.25, 0.3) is 0 Å². The van der Waals surface area contributed by atoms with Crippen LogP contribution in [0.15, 0.2) is 52.4 Å². The number of aliphatic hydroxyl groups is 2. The molecule has 0 aromatic heterocycles. The number of aliphatic imine (C=N–C) groups is 2. The lowest BCUT2D eigenvalue weighted by molar-refractivity contribution is -0.230. The average Bonchev–Trinajstić information content (AvgIpc) is 3.47. The van der Waals surface area contributed by atoms with Crippen molar-refractivity contribution in [3.63, 3.8) is 0 Å². The van der Waals surface area contributed by atoms with Gasteiger partial charge in [-0.15, -0.1) is 0 Å². The molecule has 4 atom stereocenters. The SMILES string of the molecule is NC1=N[C@H]2C(CN3C(=O)CCC3=O)N=C(N)N3CC(NC(=O)Nc4cccc5ccccc45)C(O)(O)[C@]23N1. The van der Waals surface area contributed by atoms with E-state index in [1.807, 2.05) is 30.3 Å². The average molecular weight is 522 g/mol. The Labute approximate surface area is 216 Å². The van der Waals surface area contributed by atoms with E-state index in [9.17, 15) is 24.6 Å². The van der Waals surface area contributed by atoms with Crippen LogP contribution in [0.1, 0.15) is 12.8 Å². The first kappa shape index (κ1) is 23.9. The van der Waals surface area contributed by atoms with E-state index in [1.54, 1.807) is 12.1 Å². The molecule has 2 unspecified atom stereocenters. The second kappa shape index (κ2) is 8.29. The van der Waals surface area contributed by atoms with E-state index in [0.717, 1.165) is 15.7 Å². The largest absolute Gasteiger partial charge is 0.370 e. The summed E-state index contributed by atoms with van der Waals surface area (Å²) in [4.78, 5) is 48.8. The van der Waals surface area contributed by atoms with Gasteiger partial charge in [-0.3, -0.25) is 14.5 Å². The summed E-state index contributed by atoms with van der Waals surface area (Å²) in [5, 5.41) is 33.1. The number of hydrogen-bond acceptors (Lipinski definition) is 11. The highest BCUT2D eigenvalue weighted by Gasteiger charge is 2.73. The minimum Gasteiger partial charge on any atom is -0.370 e. The molecular formula is C24H27N9O5. The van der Waals surface area contributed by atoms with Crippen LogP contribution in [0.3, 0.4) is 0 Å². The number of hydrogen-bond donors (Lipinski definition) is 7. The molecule has 2 fully saturated rings. The number of fused-ring (bicyclic) bond motifs is 1. The third-order valence-electron chi connectivity index (χ3n) is 7.67. The first-order chi connectivity index (χ1) is 18.1. The van der Waals surface area contributed by atoms with Gasteiger partial charge in [0.05, 0.1) is 18.3 Å². The van der Waals surface area contributed by atoms with Crippen LogP contribution >= 0.6 is 0 Å². The lowest BCUT2D eigenvalue weighted by atomic mass is 9.85. The van der Waals surface area contributed by atoms with Crippen LogP contribution in [-0.2, 0) is 9.59 Å². The zero-order valence-electron chi connectivity index (χ0n) is 20.2. The molecule has 6 rings (SSSR count). The molecule has 198 valence electrons. The smallest absolute Gasteiger partial charge is 0.319 e. The number of likely N-dealkylation sites (tertiary alicyclic amines) is 1. The van der Waals surface area contributed by atoms with Crippen molar-refractivity contribution in [2.24, 2.45) is 21.5 Å². The zero-order valence-corrected chi connectivity index (χ0v) is 20.2. The van der Waals surface area contributed by atoms with Gasteiger partial charge in [0.1, 0.15) is 12.1 Å². The Bertz CT molecular complexity index is 1400. The molecule has 4 aliphatic heterocycles. The second-order valence-corrected chi connectivity index (χ2v) is 9.82. The number of nitrogens with two attached hydrogens (primary N) is 2. The fourth-order valence-electron chi connectivity index (χ4n) is 5.90. The Balaban J connectivity index is 1.27. The molecule has 0 radical (unpaired) electrons. The summed E-state index contributed by atoms with van der Waals surface area (Å²) in [5.41, 5.74) is 11.0. The van der Waals surface area contributed by atoms with Crippen molar-refractivity contribution in [3.05, 3.63) is 42.5 Å². The van der Waals surface area contributed by atoms with Crippen LogP contribution in [0, 0.1) is 0 Å². The Hall–Kier alpha value is -4.43. The predicted molar refractivity (Wildman–Crippen MR) is 136 cm³/mol. The zero-order chi connectivity index (χ0) is 26.8. The van der Waals surface area contributed by atoms with Gasteiger partial charge >= 0.3 is 6.03 Å². The number of amides is 4. The summed E-state index contributed by atoms with van der Waals surface area (Å²) in [7, 11) is 0. The molecule has 4 amide bonds. The van der Waals surface area contributed by atoms with Gasteiger partial charge in [-0.05, 0) is 11.5 Å². The fraction of sp³-hybridized carbons (Fsp3) is 0.375. The summed E-state index contributed by atoms with van der Waals surface area (Å²) >= 11 is 0. The van der Waals surface area contributed by atoms with E-state index in [2.05, 4.69) is 25.9 Å². The molecule has 1 spiro atoms. The van der Waals surface area contributed by atoms with Crippen molar-refractivity contribution in [1.29, 1.82) is 0 Å². The minimum absolute atomic E-state index is 0.0750. The summed E-state index contributed by atoms with van der Waals surface area (Å²) in [6.45, 7) is -0.279. The molecule has 0 saturated carbocycles. The molecule has 38 heavy (non-hydrogen) atoms. The number of rotatable bonds is 4. The molecule has 4 heterocycles. The van der Waals surface area contributed by atoms with Crippen molar-refractivity contribution >= 4 is 46.2 Å². The number of urea groups is 1. The topological polar surface area (TPSA) is 211 Å². The number of benzene rings is 2. The molecule has 2 aromatic rings. The first-order valence-corrected chi connectivity index (χ1v) is 12.2. The monoisotopic (exact) mass is 521 g/mol. The van der Waals surface area contributed by atoms with E-state index in [1.165, 1.54) is 4.90 Å². The molecule has 14 nitrogen and oxygen atoms in total. The maximum atomic E-state index is 13.0. The van der Waals surface area contributed by atoms with Crippen molar-refractivity contribution in [2.75, 3.05) is 18.4 Å². The number of carbonyl (C=O) groups is 3. The highest BCUT2D eigenvalue weighted by Crippen LogP contribution is 2.45. The number of nitrogens with zero attached hydrogens (tertiary/aromatic N) is 4. The van der Waals surface area contributed by atoms with Gasteiger partial charge in [-0.2, -0.15) is 0 Å². The van der Waals surface area contributed by atoms with Crippen molar-refractivity contribution in [1.82, 2.24) is 20.4 Å². The van der Waals surface area contributed by atoms with Gasteiger partial charge < -0.3 is 42.5 Å². The summed E-state index contributed by atoms with van der Waals surface area (Å²) < 4.78 is 0. The molecular weight excluding hydrogens is 494 g/mol. The lowest BCUT2D eigenvalue weighted by Crippen LogP contribution is -2.78. The van der Waals surface area contributed by atoms with Crippen molar-refractivity contribution < 1.29 is 24.6 Å². The van der Waals surface area contributed by atoms with Gasteiger partial charge in [-0.1, -0.05) is 36.4 Å². The van der Waals surface area contributed by atoms with Gasteiger partial charge in [0.15, 0.2) is 17.6 Å². The van der Waals surface area contributed by atoms with Gasteiger partial charge in [0.2, 0.25) is 17.6 Å². The fourth-order valence-corrected chi connectivity index (χ4v) is 5.90. The van der Waals surface area contributed by atoms with Crippen molar-refractivity contribution in [3.8, 4) is 0 Å². The Morgan fingerprint density at radius 3 is 2.55 bits per heavy atom. The van der Waals surface area contributed by atoms with Crippen LogP contribution in [0.25, 0.3) is 10.8 Å². The molecule has 0 aliphatic carbocycles. The normalized spacial score (nSPS) is 29.5. The molecule has 4 aliphatic rings. The van der Waals surface area contributed by atoms with Crippen LogP contribution in [0.4, 0.5) is 10.5 Å². The summed E-state index contributed by atoms with van der Waals surface area (Å²) in [6.07, 6.45) is 0.191. The third kappa shape index (κ3) is 3.37. The number of anilines is 1. The van der Waals surface area contributed by atoms with E-state index in [-0.39, 0.29) is 49.7 Å². The number of carbonyl (C=O) groups excluding carboxylic acids is 3. The quantitative estimate of drug-likeness (QED) is 0.178. The molecule has 2 aromatic carbocycles. The maximum Gasteiger partial charge on any atom is 0.319 e. The van der Waals surface area contributed by atoms with Crippen LogP contribution < -0.4 is 27.4 Å². The highest BCUT2D eigenvalue weighted by atomic mass is 16.5. The van der Waals surface area contributed by atoms with E-state index in [4.69, 9.17) is 11.5 Å². The minimum atomic E-state index is -2.64.